The molecule has 0 spiro atoms. The number of aromatic nitrogens is 3. The Labute approximate surface area is 219 Å². The van der Waals surface area contributed by atoms with Crippen molar-refractivity contribution in [3.63, 3.8) is 0 Å². The van der Waals surface area contributed by atoms with E-state index in [-0.39, 0.29) is 35.6 Å². The van der Waals surface area contributed by atoms with Crippen LogP contribution < -0.4 is 15.6 Å². The van der Waals surface area contributed by atoms with Gasteiger partial charge in [-0.3, -0.25) is 9.59 Å². The first-order valence-corrected chi connectivity index (χ1v) is 12.4. The monoisotopic (exact) mass is 529 g/mol. The minimum absolute atomic E-state index is 0.00423. The normalized spacial score (nSPS) is 17.3. The molecule has 0 unspecified atom stereocenters. The van der Waals surface area contributed by atoms with E-state index >= 15 is 0 Å². The highest BCUT2D eigenvalue weighted by molar-refractivity contribution is 6.32. The maximum absolute atomic E-state index is 14.8. The molecule has 0 bridgehead atoms. The highest BCUT2D eigenvalue weighted by atomic mass is 35.5. The first-order chi connectivity index (χ1) is 17.7. The highest BCUT2D eigenvalue weighted by Gasteiger charge is 2.32. The van der Waals surface area contributed by atoms with Gasteiger partial charge in [-0.25, -0.2) is 9.37 Å². The van der Waals surface area contributed by atoms with Crippen LogP contribution in [-0.2, 0) is 11.2 Å². The first kappa shape index (κ1) is 26.6. The number of aryl methyl sites for hydroxylation is 1. The smallest absolute Gasteiger partial charge is 0.292 e. The molecule has 3 heterocycles. The van der Waals surface area contributed by atoms with Crippen LogP contribution in [0.2, 0.25) is 5.02 Å². The molecular weight excluding hydrogens is 501 g/mol. The molecule has 0 saturated carbocycles. The van der Waals surface area contributed by atoms with Crippen molar-refractivity contribution in [3.8, 4) is 17.3 Å². The summed E-state index contributed by atoms with van der Waals surface area (Å²) in [4.78, 5) is 31.2. The van der Waals surface area contributed by atoms with Crippen LogP contribution in [-0.4, -0.2) is 65.1 Å². The van der Waals surface area contributed by atoms with Gasteiger partial charge in [-0.1, -0.05) is 24.6 Å². The van der Waals surface area contributed by atoms with Crippen molar-refractivity contribution in [2.45, 2.75) is 31.9 Å². The summed E-state index contributed by atoms with van der Waals surface area (Å²) in [6.07, 6.45) is 4.57. The molecule has 0 radical (unpaired) electrons. The molecule has 3 aromatic rings. The summed E-state index contributed by atoms with van der Waals surface area (Å²) in [6.45, 7) is 2.51. The van der Waals surface area contributed by atoms with E-state index in [1.165, 1.54) is 17.3 Å². The number of amides is 1. The number of carbonyl (C=O) groups is 1. The topological polar surface area (TPSA) is 98.6 Å². The Kier molecular flexibility index (Phi) is 8.09. The van der Waals surface area contributed by atoms with E-state index < -0.39 is 11.2 Å². The van der Waals surface area contributed by atoms with Gasteiger partial charge >= 0.3 is 0 Å². The van der Waals surface area contributed by atoms with Crippen molar-refractivity contribution < 1.29 is 18.7 Å². The molecule has 1 aliphatic heterocycles. The van der Waals surface area contributed by atoms with Crippen molar-refractivity contribution in [1.82, 2.24) is 19.7 Å². The second-order valence-corrected chi connectivity index (χ2v) is 9.47. The SMILES string of the molecule is CCc1ccc(C(=O)N(C)C)c(Oc2ccc(-n3ncc(NC[C@@]4(F)CCCOC4)c(Cl)c3=O)cn2)c1. The quantitative estimate of drug-likeness (QED) is 0.465. The minimum atomic E-state index is -1.52. The van der Waals surface area contributed by atoms with Crippen molar-refractivity contribution in [3.05, 3.63) is 69.2 Å². The van der Waals surface area contributed by atoms with Crippen LogP contribution in [0.1, 0.15) is 35.7 Å². The third-order valence-electron chi connectivity index (χ3n) is 6.06. The zero-order valence-corrected chi connectivity index (χ0v) is 21.7. The molecule has 37 heavy (non-hydrogen) atoms. The number of nitrogens with zero attached hydrogens (tertiary/aromatic N) is 4. The Morgan fingerprint density at radius 2 is 2.11 bits per heavy atom. The summed E-state index contributed by atoms with van der Waals surface area (Å²) in [5.74, 6) is 0.439. The lowest BCUT2D eigenvalue weighted by atomic mass is 9.99. The molecule has 1 atom stereocenters. The number of rotatable bonds is 8. The summed E-state index contributed by atoms with van der Waals surface area (Å²) in [6, 6.07) is 8.61. The predicted molar refractivity (Wildman–Crippen MR) is 139 cm³/mol. The van der Waals surface area contributed by atoms with E-state index in [0.717, 1.165) is 16.7 Å². The maximum Gasteiger partial charge on any atom is 0.292 e. The fourth-order valence-corrected chi connectivity index (χ4v) is 4.11. The third kappa shape index (κ3) is 6.08. The summed E-state index contributed by atoms with van der Waals surface area (Å²) < 4.78 is 27.1. The number of ether oxygens (including phenoxy) is 2. The standard InChI is InChI=1S/C26H29ClFN5O4/c1-4-17-6-8-19(24(34)32(2)3)21(12-17)37-22-9-7-18(13-29-22)33-25(35)23(27)20(14-31-33)30-15-26(28)10-5-11-36-16-26/h6-9,12-14,30H,4-5,10-11,15-16H2,1-3H3/t26-/m0/s1. The van der Waals surface area contributed by atoms with Gasteiger partial charge in [0.2, 0.25) is 5.88 Å². The van der Waals surface area contributed by atoms with E-state index in [9.17, 15) is 14.0 Å². The molecule has 1 fully saturated rings. The molecule has 0 aliphatic carbocycles. The summed E-state index contributed by atoms with van der Waals surface area (Å²) >= 11 is 6.28. The van der Waals surface area contributed by atoms with Gasteiger partial charge in [-0.15, -0.1) is 0 Å². The fraction of sp³-hybridized carbons (Fsp3) is 0.385. The number of halogens is 2. The van der Waals surface area contributed by atoms with Gasteiger partial charge in [0.05, 0.1) is 42.5 Å². The number of anilines is 1. The number of carbonyl (C=O) groups excluding carboxylic acids is 1. The van der Waals surface area contributed by atoms with Gasteiger partial charge < -0.3 is 19.7 Å². The van der Waals surface area contributed by atoms with Crippen molar-refractivity contribution in [2.75, 3.05) is 39.2 Å². The number of hydrogen-bond acceptors (Lipinski definition) is 7. The van der Waals surface area contributed by atoms with Crippen LogP contribution in [0.5, 0.6) is 11.6 Å². The van der Waals surface area contributed by atoms with Crippen molar-refractivity contribution >= 4 is 23.2 Å². The van der Waals surface area contributed by atoms with Crippen LogP contribution in [0.3, 0.4) is 0 Å². The largest absolute Gasteiger partial charge is 0.438 e. The average molecular weight is 530 g/mol. The van der Waals surface area contributed by atoms with E-state index in [1.54, 1.807) is 32.3 Å². The molecule has 4 rings (SSSR count). The number of nitrogens with one attached hydrogen (secondary N) is 1. The number of alkyl halides is 1. The molecule has 1 amide bonds. The van der Waals surface area contributed by atoms with Crippen molar-refractivity contribution in [1.29, 1.82) is 0 Å². The lowest BCUT2D eigenvalue weighted by Gasteiger charge is -2.29. The molecule has 196 valence electrons. The average Bonchev–Trinajstić information content (AvgIpc) is 2.90. The molecule has 11 heteroatoms. The molecule has 1 aliphatic rings. The second-order valence-electron chi connectivity index (χ2n) is 9.09. The number of pyridine rings is 1. The molecular formula is C26H29ClFN5O4. The van der Waals surface area contributed by atoms with Crippen molar-refractivity contribution in [2.24, 2.45) is 0 Å². The lowest BCUT2D eigenvalue weighted by Crippen LogP contribution is -2.40. The summed E-state index contributed by atoms with van der Waals surface area (Å²) in [5.41, 5.74) is -0.0763. The summed E-state index contributed by atoms with van der Waals surface area (Å²) in [5, 5.41) is 6.93. The van der Waals surface area contributed by atoms with Crippen LogP contribution >= 0.6 is 11.6 Å². The van der Waals surface area contributed by atoms with Gasteiger partial charge in [0.15, 0.2) is 5.67 Å². The number of benzene rings is 1. The first-order valence-electron chi connectivity index (χ1n) is 12.0. The van der Waals surface area contributed by atoms with E-state index in [4.69, 9.17) is 21.1 Å². The van der Waals surface area contributed by atoms with Gasteiger partial charge in [-0.2, -0.15) is 9.78 Å². The Bertz CT molecular complexity index is 1320. The molecule has 1 saturated heterocycles. The fourth-order valence-electron chi connectivity index (χ4n) is 3.91. The third-order valence-corrected chi connectivity index (χ3v) is 6.42. The second kappa shape index (κ2) is 11.3. The van der Waals surface area contributed by atoms with Crippen LogP contribution in [0.4, 0.5) is 10.1 Å². The molecule has 9 nitrogen and oxygen atoms in total. The van der Waals surface area contributed by atoms with Crippen LogP contribution in [0.25, 0.3) is 5.69 Å². The zero-order valence-electron chi connectivity index (χ0n) is 21.0. The number of hydrogen-bond donors (Lipinski definition) is 1. The van der Waals surface area contributed by atoms with Crippen LogP contribution in [0.15, 0.2) is 47.5 Å². The van der Waals surface area contributed by atoms with Gasteiger partial charge in [0.1, 0.15) is 10.8 Å². The lowest BCUT2D eigenvalue weighted by molar-refractivity contribution is -0.0234. The maximum atomic E-state index is 14.8. The Morgan fingerprint density at radius 1 is 1.30 bits per heavy atom. The van der Waals surface area contributed by atoms with E-state index in [2.05, 4.69) is 15.4 Å². The highest BCUT2D eigenvalue weighted by Crippen LogP contribution is 2.28. The molecule has 1 aromatic carbocycles. The van der Waals surface area contributed by atoms with E-state index in [0.29, 0.717) is 36.4 Å². The minimum Gasteiger partial charge on any atom is -0.438 e. The summed E-state index contributed by atoms with van der Waals surface area (Å²) in [7, 11) is 3.34. The Balaban J connectivity index is 1.52. The molecule has 2 aromatic heterocycles. The van der Waals surface area contributed by atoms with Gasteiger partial charge in [0, 0.05) is 26.8 Å². The molecule has 1 N–H and O–H groups in total. The van der Waals surface area contributed by atoms with Gasteiger partial charge in [0.25, 0.3) is 11.5 Å². The zero-order chi connectivity index (χ0) is 26.6. The van der Waals surface area contributed by atoms with Gasteiger partial charge in [-0.05, 0) is 43.0 Å². The van der Waals surface area contributed by atoms with Crippen LogP contribution in [0, 0.1) is 0 Å². The predicted octanol–water partition coefficient (Wildman–Crippen LogP) is 4.27. The Morgan fingerprint density at radius 3 is 2.76 bits per heavy atom. The van der Waals surface area contributed by atoms with E-state index in [1.807, 2.05) is 19.1 Å². The Hall–Kier alpha value is -3.50.